The normalized spacial score (nSPS) is 14.8. The highest BCUT2D eigenvalue weighted by atomic mass is 32.2. The van der Waals surface area contributed by atoms with Gasteiger partial charge in [-0.25, -0.2) is 17.8 Å². The minimum absolute atomic E-state index is 0.105. The van der Waals surface area contributed by atoms with Crippen LogP contribution in [0.2, 0.25) is 0 Å². The minimum Gasteiger partial charge on any atom is -0.319 e. The summed E-state index contributed by atoms with van der Waals surface area (Å²) in [5.41, 5.74) is 1.25. The summed E-state index contributed by atoms with van der Waals surface area (Å²) in [5, 5.41) is 2.55. The Morgan fingerprint density at radius 3 is 2.65 bits per heavy atom. The second-order valence-corrected chi connectivity index (χ2v) is 7.77. The first-order valence-electron chi connectivity index (χ1n) is 7.76. The highest BCUT2D eigenvalue weighted by Crippen LogP contribution is 2.31. The molecule has 1 N–H and O–H groups in total. The molecule has 0 saturated heterocycles. The predicted octanol–water partition coefficient (Wildman–Crippen LogP) is 2.12. The van der Waals surface area contributed by atoms with Crippen LogP contribution in [0, 0.1) is 5.82 Å². The molecule has 1 aliphatic heterocycles. The molecule has 26 heavy (non-hydrogen) atoms. The Kier molecular flexibility index (Phi) is 3.80. The molecule has 0 aliphatic carbocycles. The van der Waals surface area contributed by atoms with Gasteiger partial charge in [0.25, 0.3) is 5.91 Å². The average Bonchev–Trinajstić information content (AvgIpc) is 3.14. The largest absolute Gasteiger partial charge is 0.319 e. The van der Waals surface area contributed by atoms with E-state index in [1.807, 2.05) is 0 Å². The zero-order chi connectivity index (χ0) is 18.3. The Morgan fingerprint density at radius 2 is 1.96 bits per heavy atom. The first-order valence-corrected chi connectivity index (χ1v) is 9.41. The van der Waals surface area contributed by atoms with E-state index in [2.05, 4.69) is 15.3 Å². The molecule has 0 atom stereocenters. The Morgan fingerprint density at radius 1 is 1.19 bits per heavy atom. The average molecular weight is 372 g/mol. The molecule has 4 rings (SSSR count). The molecule has 1 amide bonds. The van der Waals surface area contributed by atoms with Gasteiger partial charge < -0.3 is 9.88 Å². The molecule has 132 valence electrons. The third-order valence-corrected chi connectivity index (χ3v) is 5.63. The van der Waals surface area contributed by atoms with Gasteiger partial charge >= 0.3 is 0 Å². The fourth-order valence-corrected chi connectivity index (χ4v) is 4.20. The molecule has 1 aromatic carbocycles. The summed E-state index contributed by atoms with van der Waals surface area (Å²) in [4.78, 5) is 21.0. The number of halogens is 1. The number of aromatic nitrogens is 3. The number of amides is 1. The molecule has 0 bridgehead atoms. The summed E-state index contributed by atoms with van der Waals surface area (Å²) >= 11 is 0. The number of fused-ring (bicyclic) bond motifs is 1. The molecule has 0 fully saturated rings. The number of nitrogens with zero attached hydrogens (tertiary/aromatic N) is 3. The molecular weight excluding hydrogens is 359 g/mol. The van der Waals surface area contributed by atoms with Gasteiger partial charge in [0.2, 0.25) is 15.0 Å². The van der Waals surface area contributed by atoms with E-state index in [0.29, 0.717) is 11.3 Å². The number of pyridine rings is 1. The Labute approximate surface area is 148 Å². The van der Waals surface area contributed by atoms with Gasteiger partial charge in [0.15, 0.2) is 0 Å². The number of hydrogen-bond acceptors (Lipinski definition) is 5. The SMILES string of the molecule is O=C(Nc1cccnc1)c1c(-c2ccc(F)cc2)nc2n1CCS2(=O)=O. The third kappa shape index (κ3) is 2.76. The van der Waals surface area contributed by atoms with Crippen molar-refractivity contribution in [3.05, 3.63) is 60.3 Å². The number of rotatable bonds is 3. The van der Waals surface area contributed by atoms with Crippen LogP contribution in [0.5, 0.6) is 0 Å². The summed E-state index contributed by atoms with van der Waals surface area (Å²) in [6, 6.07) is 8.72. The summed E-state index contributed by atoms with van der Waals surface area (Å²) < 4.78 is 39.0. The number of sulfone groups is 1. The van der Waals surface area contributed by atoms with Gasteiger partial charge in [-0.3, -0.25) is 9.78 Å². The minimum atomic E-state index is -3.54. The van der Waals surface area contributed by atoms with Crippen LogP contribution in [-0.2, 0) is 16.4 Å². The van der Waals surface area contributed by atoms with Crippen LogP contribution in [0.4, 0.5) is 10.1 Å². The van der Waals surface area contributed by atoms with Crippen molar-refractivity contribution in [1.82, 2.24) is 14.5 Å². The zero-order valence-electron chi connectivity index (χ0n) is 13.4. The number of imidazole rings is 1. The Bertz CT molecular complexity index is 1090. The Balaban J connectivity index is 1.84. The molecular formula is C17H13FN4O3S. The standard InChI is InChI=1S/C17H13FN4O3S/c18-12-5-3-11(4-6-12)14-15(16(23)20-13-2-1-7-19-10-13)22-8-9-26(24,25)17(22)21-14/h1-7,10H,8-9H2,(H,20,23). The van der Waals surface area contributed by atoms with Crippen LogP contribution < -0.4 is 5.32 Å². The molecule has 1 aliphatic rings. The quantitative estimate of drug-likeness (QED) is 0.760. The highest BCUT2D eigenvalue weighted by molar-refractivity contribution is 7.91. The number of benzene rings is 1. The lowest BCUT2D eigenvalue weighted by Crippen LogP contribution is -2.18. The van der Waals surface area contributed by atoms with Crippen molar-refractivity contribution in [2.45, 2.75) is 11.7 Å². The highest BCUT2D eigenvalue weighted by Gasteiger charge is 2.35. The van der Waals surface area contributed by atoms with Crippen molar-refractivity contribution in [1.29, 1.82) is 0 Å². The van der Waals surface area contributed by atoms with Gasteiger partial charge in [0, 0.05) is 18.3 Å². The van der Waals surface area contributed by atoms with E-state index in [-0.39, 0.29) is 28.8 Å². The van der Waals surface area contributed by atoms with Gasteiger partial charge in [-0.2, -0.15) is 0 Å². The molecule has 0 unspecified atom stereocenters. The van der Waals surface area contributed by atoms with Crippen LogP contribution in [0.25, 0.3) is 11.3 Å². The maximum Gasteiger partial charge on any atom is 0.274 e. The molecule has 7 nitrogen and oxygen atoms in total. The molecule has 0 radical (unpaired) electrons. The molecule has 2 aromatic heterocycles. The lowest BCUT2D eigenvalue weighted by Gasteiger charge is -2.08. The van der Waals surface area contributed by atoms with Crippen molar-refractivity contribution in [2.75, 3.05) is 11.1 Å². The van der Waals surface area contributed by atoms with Crippen molar-refractivity contribution < 1.29 is 17.6 Å². The molecule has 0 saturated carbocycles. The van der Waals surface area contributed by atoms with Gasteiger partial charge in [0.1, 0.15) is 17.2 Å². The number of anilines is 1. The fourth-order valence-electron chi connectivity index (χ4n) is 2.85. The van der Waals surface area contributed by atoms with Gasteiger partial charge in [-0.1, -0.05) is 0 Å². The summed E-state index contributed by atoms with van der Waals surface area (Å²) in [6.07, 6.45) is 3.05. The van der Waals surface area contributed by atoms with E-state index in [0.717, 1.165) is 0 Å². The first-order chi connectivity index (χ1) is 12.5. The maximum absolute atomic E-state index is 13.2. The second-order valence-electron chi connectivity index (χ2n) is 5.76. The second kappa shape index (κ2) is 6.03. The van der Waals surface area contributed by atoms with Gasteiger partial charge in [0.05, 0.1) is 17.6 Å². The third-order valence-electron chi connectivity index (χ3n) is 4.05. The monoisotopic (exact) mass is 372 g/mol. The van der Waals surface area contributed by atoms with E-state index < -0.39 is 21.6 Å². The first kappa shape index (κ1) is 16.4. The molecule has 3 aromatic rings. The van der Waals surface area contributed by atoms with Crippen molar-refractivity contribution >= 4 is 21.4 Å². The van der Waals surface area contributed by atoms with Crippen LogP contribution in [0.15, 0.2) is 53.9 Å². The molecule has 0 spiro atoms. The van der Waals surface area contributed by atoms with Crippen molar-refractivity contribution in [3.63, 3.8) is 0 Å². The van der Waals surface area contributed by atoms with Crippen LogP contribution in [-0.4, -0.2) is 34.6 Å². The lowest BCUT2D eigenvalue weighted by molar-refractivity contribution is 0.101. The Hall–Kier alpha value is -3.07. The number of carbonyl (C=O) groups is 1. The van der Waals surface area contributed by atoms with Crippen LogP contribution in [0.1, 0.15) is 10.5 Å². The molecule has 9 heteroatoms. The topological polar surface area (TPSA) is 93.9 Å². The van der Waals surface area contributed by atoms with E-state index in [4.69, 9.17) is 0 Å². The number of carbonyl (C=O) groups excluding carboxylic acids is 1. The predicted molar refractivity (Wildman–Crippen MR) is 91.9 cm³/mol. The zero-order valence-corrected chi connectivity index (χ0v) is 14.2. The van der Waals surface area contributed by atoms with E-state index in [1.165, 1.54) is 35.0 Å². The lowest BCUT2D eigenvalue weighted by atomic mass is 10.1. The van der Waals surface area contributed by atoms with Gasteiger partial charge in [-0.05, 0) is 36.4 Å². The van der Waals surface area contributed by atoms with E-state index in [9.17, 15) is 17.6 Å². The summed E-state index contributed by atoms with van der Waals surface area (Å²) in [5.74, 6) is -1.05. The number of hydrogen-bond donors (Lipinski definition) is 1. The smallest absolute Gasteiger partial charge is 0.274 e. The van der Waals surface area contributed by atoms with Crippen LogP contribution >= 0.6 is 0 Å². The van der Waals surface area contributed by atoms with E-state index >= 15 is 0 Å². The maximum atomic E-state index is 13.2. The van der Waals surface area contributed by atoms with E-state index in [1.54, 1.807) is 18.3 Å². The van der Waals surface area contributed by atoms with Crippen molar-refractivity contribution in [3.8, 4) is 11.3 Å². The van der Waals surface area contributed by atoms with Crippen LogP contribution in [0.3, 0.4) is 0 Å². The van der Waals surface area contributed by atoms with Crippen molar-refractivity contribution in [2.24, 2.45) is 0 Å². The summed E-state index contributed by atoms with van der Waals surface area (Å²) in [6.45, 7) is 0.141. The summed E-state index contributed by atoms with van der Waals surface area (Å²) in [7, 11) is -3.54. The fraction of sp³-hybridized carbons (Fsp3) is 0.118. The molecule has 3 heterocycles. The number of nitrogens with one attached hydrogen (secondary N) is 1. The van der Waals surface area contributed by atoms with Gasteiger partial charge in [-0.15, -0.1) is 0 Å².